The zero-order valence-electron chi connectivity index (χ0n) is 12.2. The highest BCUT2D eigenvalue weighted by Crippen LogP contribution is 2.22. The SMILES string of the molecule is COc1ccc(C)cc1/C=C/C(=O)Nc1ccc(Cl)cc1F. The Hall–Kier alpha value is -2.33. The molecule has 0 aliphatic carbocycles. The van der Waals surface area contributed by atoms with Crippen molar-refractivity contribution in [3.05, 3.63) is 64.4 Å². The number of carbonyl (C=O) groups excluding carboxylic acids is 1. The highest BCUT2D eigenvalue weighted by atomic mass is 35.5. The van der Waals surface area contributed by atoms with E-state index < -0.39 is 11.7 Å². The van der Waals surface area contributed by atoms with E-state index in [-0.39, 0.29) is 10.7 Å². The molecule has 2 aromatic carbocycles. The van der Waals surface area contributed by atoms with Crippen LogP contribution in [0.3, 0.4) is 0 Å². The minimum absolute atomic E-state index is 0.0789. The second kappa shape index (κ2) is 7.09. The van der Waals surface area contributed by atoms with Gasteiger partial charge in [-0.3, -0.25) is 4.79 Å². The third-order valence-electron chi connectivity index (χ3n) is 2.99. The molecule has 0 bridgehead atoms. The molecule has 0 atom stereocenters. The highest BCUT2D eigenvalue weighted by Gasteiger charge is 2.06. The normalized spacial score (nSPS) is 10.7. The van der Waals surface area contributed by atoms with Crippen molar-refractivity contribution in [2.75, 3.05) is 12.4 Å². The summed E-state index contributed by atoms with van der Waals surface area (Å²) in [5, 5.41) is 2.73. The molecule has 0 saturated carbocycles. The van der Waals surface area contributed by atoms with E-state index in [4.69, 9.17) is 16.3 Å². The molecule has 114 valence electrons. The number of carbonyl (C=O) groups is 1. The molecule has 2 aromatic rings. The number of anilines is 1. The van der Waals surface area contributed by atoms with Gasteiger partial charge in [0.25, 0.3) is 0 Å². The molecular formula is C17H15ClFNO2. The average Bonchev–Trinajstić information content (AvgIpc) is 2.48. The van der Waals surface area contributed by atoms with E-state index in [1.807, 2.05) is 25.1 Å². The van der Waals surface area contributed by atoms with Crippen LogP contribution in [0.15, 0.2) is 42.5 Å². The van der Waals surface area contributed by atoms with Crippen LogP contribution in [0.2, 0.25) is 5.02 Å². The lowest BCUT2D eigenvalue weighted by atomic mass is 10.1. The molecule has 22 heavy (non-hydrogen) atoms. The number of benzene rings is 2. The van der Waals surface area contributed by atoms with Crippen LogP contribution < -0.4 is 10.1 Å². The summed E-state index contributed by atoms with van der Waals surface area (Å²) in [7, 11) is 1.56. The Morgan fingerprint density at radius 2 is 2.05 bits per heavy atom. The van der Waals surface area contributed by atoms with Crippen LogP contribution in [0.25, 0.3) is 6.08 Å². The molecule has 0 aromatic heterocycles. The lowest BCUT2D eigenvalue weighted by Gasteiger charge is -2.06. The van der Waals surface area contributed by atoms with Gasteiger partial charge in [0.1, 0.15) is 11.6 Å². The first-order valence-electron chi connectivity index (χ1n) is 6.58. The average molecular weight is 320 g/mol. The largest absolute Gasteiger partial charge is 0.496 e. The van der Waals surface area contributed by atoms with Crippen molar-refractivity contribution in [2.24, 2.45) is 0 Å². The molecule has 3 nitrogen and oxygen atoms in total. The van der Waals surface area contributed by atoms with E-state index in [1.54, 1.807) is 13.2 Å². The number of rotatable bonds is 4. The fourth-order valence-corrected chi connectivity index (χ4v) is 2.07. The van der Waals surface area contributed by atoms with Crippen molar-refractivity contribution in [1.29, 1.82) is 0 Å². The summed E-state index contributed by atoms with van der Waals surface area (Å²) in [6, 6.07) is 9.70. The lowest BCUT2D eigenvalue weighted by molar-refractivity contribution is -0.111. The second-order valence-electron chi connectivity index (χ2n) is 4.69. The summed E-state index contributed by atoms with van der Waals surface area (Å²) < 4.78 is 18.8. The summed E-state index contributed by atoms with van der Waals surface area (Å²) in [4.78, 5) is 11.9. The highest BCUT2D eigenvalue weighted by molar-refractivity contribution is 6.30. The number of methoxy groups -OCH3 is 1. The van der Waals surface area contributed by atoms with Crippen LogP contribution in [0.1, 0.15) is 11.1 Å². The second-order valence-corrected chi connectivity index (χ2v) is 5.13. The maximum atomic E-state index is 13.6. The fraction of sp³-hybridized carbons (Fsp3) is 0.118. The first-order valence-corrected chi connectivity index (χ1v) is 6.96. The molecule has 0 saturated heterocycles. The molecule has 0 spiro atoms. The maximum Gasteiger partial charge on any atom is 0.248 e. The maximum absolute atomic E-state index is 13.6. The minimum Gasteiger partial charge on any atom is -0.496 e. The molecule has 0 aliphatic heterocycles. The third kappa shape index (κ3) is 4.09. The van der Waals surface area contributed by atoms with Crippen LogP contribution in [0.4, 0.5) is 10.1 Å². The third-order valence-corrected chi connectivity index (χ3v) is 3.22. The van der Waals surface area contributed by atoms with Gasteiger partial charge in [0.05, 0.1) is 12.8 Å². The van der Waals surface area contributed by atoms with E-state index >= 15 is 0 Å². The van der Waals surface area contributed by atoms with Gasteiger partial charge in [-0.05, 0) is 43.3 Å². The van der Waals surface area contributed by atoms with Crippen molar-refractivity contribution >= 4 is 29.3 Å². The van der Waals surface area contributed by atoms with Crippen molar-refractivity contribution in [1.82, 2.24) is 0 Å². The number of ether oxygens (including phenoxy) is 1. The number of hydrogen-bond acceptors (Lipinski definition) is 2. The molecular weight excluding hydrogens is 305 g/mol. The number of hydrogen-bond donors (Lipinski definition) is 1. The van der Waals surface area contributed by atoms with Gasteiger partial charge in [-0.2, -0.15) is 0 Å². The topological polar surface area (TPSA) is 38.3 Å². The molecule has 2 rings (SSSR count). The molecule has 0 radical (unpaired) electrons. The summed E-state index contributed by atoms with van der Waals surface area (Å²) in [5.41, 5.74) is 1.90. The van der Waals surface area contributed by atoms with Crippen LogP contribution in [0, 0.1) is 12.7 Å². The standard InChI is InChI=1S/C17H15ClFNO2/c1-11-3-7-16(22-2)12(9-11)4-8-17(21)20-15-6-5-13(18)10-14(15)19/h3-10H,1-2H3,(H,20,21)/b8-4+. The van der Waals surface area contributed by atoms with E-state index in [0.29, 0.717) is 5.75 Å². The lowest BCUT2D eigenvalue weighted by Crippen LogP contribution is -2.09. The Labute approximate surface area is 133 Å². The van der Waals surface area contributed by atoms with Gasteiger partial charge in [-0.1, -0.05) is 23.2 Å². The summed E-state index contributed by atoms with van der Waals surface area (Å²) >= 11 is 5.66. The molecule has 5 heteroatoms. The van der Waals surface area contributed by atoms with Crippen LogP contribution >= 0.6 is 11.6 Å². The van der Waals surface area contributed by atoms with Crippen LogP contribution in [0.5, 0.6) is 5.75 Å². The number of halogens is 2. The smallest absolute Gasteiger partial charge is 0.248 e. The monoisotopic (exact) mass is 319 g/mol. The first kappa shape index (κ1) is 16.0. The van der Waals surface area contributed by atoms with E-state index in [0.717, 1.165) is 17.2 Å². The van der Waals surface area contributed by atoms with Gasteiger partial charge in [-0.25, -0.2) is 4.39 Å². The predicted octanol–water partition coefficient (Wildman–Crippen LogP) is 4.45. The quantitative estimate of drug-likeness (QED) is 0.846. The Morgan fingerprint density at radius 1 is 1.27 bits per heavy atom. The van der Waals surface area contributed by atoms with E-state index in [9.17, 15) is 9.18 Å². The minimum atomic E-state index is -0.581. The number of amides is 1. The van der Waals surface area contributed by atoms with E-state index in [1.165, 1.54) is 18.2 Å². The van der Waals surface area contributed by atoms with Crippen molar-refractivity contribution in [3.63, 3.8) is 0 Å². The fourth-order valence-electron chi connectivity index (χ4n) is 1.91. The summed E-state index contributed by atoms with van der Waals surface area (Å²) in [6.45, 7) is 1.94. The van der Waals surface area contributed by atoms with Crippen molar-refractivity contribution < 1.29 is 13.9 Å². The zero-order valence-corrected chi connectivity index (χ0v) is 12.9. The summed E-state index contributed by atoms with van der Waals surface area (Å²) in [5.74, 6) is -0.362. The van der Waals surface area contributed by atoms with Crippen molar-refractivity contribution in [2.45, 2.75) is 6.92 Å². The zero-order chi connectivity index (χ0) is 16.1. The van der Waals surface area contributed by atoms with Gasteiger partial charge >= 0.3 is 0 Å². The van der Waals surface area contributed by atoms with Gasteiger partial charge in [0, 0.05) is 16.7 Å². The molecule has 0 aliphatic rings. The van der Waals surface area contributed by atoms with Crippen LogP contribution in [-0.4, -0.2) is 13.0 Å². The first-order chi connectivity index (χ1) is 10.5. The van der Waals surface area contributed by atoms with Gasteiger partial charge in [-0.15, -0.1) is 0 Å². The van der Waals surface area contributed by atoms with Gasteiger partial charge in [0.2, 0.25) is 5.91 Å². The summed E-state index contributed by atoms with van der Waals surface area (Å²) in [6.07, 6.45) is 2.94. The van der Waals surface area contributed by atoms with E-state index in [2.05, 4.69) is 5.32 Å². The number of aryl methyl sites for hydroxylation is 1. The van der Waals surface area contributed by atoms with Gasteiger partial charge in [0.15, 0.2) is 0 Å². The van der Waals surface area contributed by atoms with Gasteiger partial charge < -0.3 is 10.1 Å². The Morgan fingerprint density at radius 3 is 2.73 bits per heavy atom. The molecule has 1 N–H and O–H groups in total. The van der Waals surface area contributed by atoms with Crippen molar-refractivity contribution in [3.8, 4) is 5.75 Å². The van der Waals surface area contributed by atoms with Crippen LogP contribution in [-0.2, 0) is 4.79 Å². The molecule has 0 heterocycles. The molecule has 0 fully saturated rings. The Bertz CT molecular complexity index is 729. The Kier molecular flexibility index (Phi) is 5.17. The molecule has 1 amide bonds. The predicted molar refractivity (Wildman–Crippen MR) is 86.8 cm³/mol. The Balaban J connectivity index is 2.13. The number of nitrogens with one attached hydrogen (secondary N) is 1. The molecule has 0 unspecified atom stereocenters.